The predicted octanol–water partition coefficient (Wildman–Crippen LogP) is 3.53. The van der Waals surface area contributed by atoms with Crippen molar-refractivity contribution in [3.05, 3.63) is 65.1 Å². The number of aliphatic hydroxyl groups excluding tert-OH is 1. The topological polar surface area (TPSA) is 41.3 Å². The third kappa shape index (κ3) is 2.77. The maximum Gasteiger partial charge on any atom is 0.0702 e. The number of aliphatic hydroxyl groups is 1. The summed E-state index contributed by atoms with van der Waals surface area (Å²) in [6, 6.07) is 10.3. The molecule has 25 heavy (non-hydrogen) atoms. The number of aromatic nitrogens is 2. The van der Waals surface area contributed by atoms with E-state index in [9.17, 15) is 5.11 Å². The second kappa shape index (κ2) is 6.47. The van der Waals surface area contributed by atoms with E-state index in [2.05, 4.69) is 40.7 Å². The second-order valence-corrected chi connectivity index (χ2v) is 6.80. The van der Waals surface area contributed by atoms with Gasteiger partial charge in [0, 0.05) is 54.7 Å². The molecule has 3 heterocycles. The maximum atomic E-state index is 9.87. The third-order valence-electron chi connectivity index (χ3n) is 5.11. The van der Waals surface area contributed by atoms with Gasteiger partial charge >= 0.3 is 0 Å². The molecule has 0 unspecified atom stereocenters. The van der Waals surface area contributed by atoms with Crippen LogP contribution in [0.25, 0.3) is 22.7 Å². The summed E-state index contributed by atoms with van der Waals surface area (Å²) in [6.45, 7) is 4.19. The van der Waals surface area contributed by atoms with Crippen molar-refractivity contribution < 1.29 is 5.11 Å². The molecule has 2 aromatic heterocycles. The van der Waals surface area contributed by atoms with Crippen LogP contribution in [0, 0.1) is 0 Å². The summed E-state index contributed by atoms with van der Waals surface area (Å²) in [5, 5.41) is 11.1. The number of hydrogen-bond acceptors (Lipinski definition) is 3. The lowest BCUT2D eigenvalue weighted by Gasteiger charge is -2.23. The van der Waals surface area contributed by atoms with Crippen molar-refractivity contribution in [3.63, 3.8) is 0 Å². The van der Waals surface area contributed by atoms with Gasteiger partial charge in [-0.2, -0.15) is 0 Å². The Morgan fingerprint density at radius 1 is 1.24 bits per heavy atom. The molecular formula is C21H23N3O. The minimum absolute atomic E-state index is 0.0538. The van der Waals surface area contributed by atoms with E-state index in [4.69, 9.17) is 0 Å². The summed E-state index contributed by atoms with van der Waals surface area (Å²) in [5.74, 6) is 0. The molecule has 0 bridgehead atoms. The van der Waals surface area contributed by atoms with E-state index >= 15 is 0 Å². The van der Waals surface area contributed by atoms with Crippen LogP contribution in [-0.4, -0.2) is 33.1 Å². The molecule has 128 valence electrons. The fraction of sp³-hybridized carbons (Fsp3) is 0.286. The van der Waals surface area contributed by atoms with E-state index < -0.39 is 0 Å². The first-order valence-electron chi connectivity index (χ1n) is 8.71. The molecule has 0 aliphatic carbocycles. The lowest BCUT2D eigenvalue weighted by molar-refractivity contribution is 0.283. The average molecular weight is 333 g/mol. The number of fused-ring (bicyclic) bond motifs is 3. The number of benzene rings is 1. The van der Waals surface area contributed by atoms with Crippen LogP contribution >= 0.6 is 0 Å². The van der Waals surface area contributed by atoms with Crippen LogP contribution in [0.3, 0.4) is 0 Å². The summed E-state index contributed by atoms with van der Waals surface area (Å²) < 4.78 is 2.30. The minimum Gasteiger partial charge on any atom is -0.392 e. The number of para-hydroxylation sites is 1. The van der Waals surface area contributed by atoms with Crippen LogP contribution in [0.1, 0.15) is 29.3 Å². The van der Waals surface area contributed by atoms with E-state index in [1.165, 1.54) is 27.8 Å². The molecule has 1 aromatic carbocycles. The Balaban J connectivity index is 1.97. The molecule has 0 radical (unpaired) electrons. The summed E-state index contributed by atoms with van der Waals surface area (Å²) in [7, 11) is 2.17. The minimum atomic E-state index is 0.0538. The van der Waals surface area contributed by atoms with Gasteiger partial charge in [0.2, 0.25) is 0 Å². The van der Waals surface area contributed by atoms with E-state index in [-0.39, 0.29) is 6.61 Å². The van der Waals surface area contributed by atoms with Crippen molar-refractivity contribution >= 4 is 22.7 Å². The van der Waals surface area contributed by atoms with Gasteiger partial charge < -0.3 is 14.6 Å². The van der Waals surface area contributed by atoms with Gasteiger partial charge in [0.1, 0.15) is 0 Å². The Morgan fingerprint density at radius 2 is 2.04 bits per heavy atom. The SMILES string of the molecule is CC(=Cn1c2c(c3cccc(CO)c31)CN(C)CC2)c1ccncc1. The monoisotopic (exact) mass is 333 g/mol. The van der Waals surface area contributed by atoms with Gasteiger partial charge in [0.05, 0.1) is 12.1 Å². The van der Waals surface area contributed by atoms with E-state index in [0.29, 0.717) is 0 Å². The Labute approximate surface area is 148 Å². The van der Waals surface area contributed by atoms with E-state index in [1.54, 1.807) is 0 Å². The smallest absolute Gasteiger partial charge is 0.0702 e. The number of pyridine rings is 1. The van der Waals surface area contributed by atoms with Gasteiger partial charge in [-0.15, -0.1) is 0 Å². The van der Waals surface area contributed by atoms with Crippen molar-refractivity contribution in [2.45, 2.75) is 26.5 Å². The molecule has 4 rings (SSSR count). The number of rotatable bonds is 3. The normalized spacial score (nSPS) is 15.6. The first kappa shape index (κ1) is 16.1. The Bertz CT molecular complexity index is 941. The molecule has 3 aromatic rings. The van der Waals surface area contributed by atoms with Crippen molar-refractivity contribution in [1.82, 2.24) is 14.5 Å². The van der Waals surface area contributed by atoms with Crippen LogP contribution < -0.4 is 0 Å². The van der Waals surface area contributed by atoms with Gasteiger partial charge in [0.15, 0.2) is 0 Å². The predicted molar refractivity (Wildman–Crippen MR) is 102 cm³/mol. The van der Waals surface area contributed by atoms with Gasteiger partial charge in [-0.3, -0.25) is 4.98 Å². The van der Waals surface area contributed by atoms with E-state index in [0.717, 1.165) is 30.6 Å². The number of hydrogen-bond donors (Lipinski definition) is 1. The molecular weight excluding hydrogens is 310 g/mol. The molecule has 1 aliphatic heterocycles. The Morgan fingerprint density at radius 3 is 2.80 bits per heavy atom. The van der Waals surface area contributed by atoms with Crippen molar-refractivity contribution in [2.75, 3.05) is 13.6 Å². The highest BCUT2D eigenvalue weighted by atomic mass is 16.3. The van der Waals surface area contributed by atoms with Gasteiger partial charge in [-0.1, -0.05) is 18.2 Å². The first-order chi connectivity index (χ1) is 12.2. The molecule has 1 aliphatic rings. The van der Waals surface area contributed by atoms with Crippen molar-refractivity contribution in [2.24, 2.45) is 0 Å². The summed E-state index contributed by atoms with van der Waals surface area (Å²) >= 11 is 0. The van der Waals surface area contributed by atoms with Crippen molar-refractivity contribution in [3.8, 4) is 0 Å². The molecule has 0 amide bonds. The lowest BCUT2D eigenvalue weighted by atomic mass is 10.0. The van der Waals surface area contributed by atoms with Gasteiger partial charge in [0.25, 0.3) is 0 Å². The fourth-order valence-corrected chi connectivity index (χ4v) is 3.80. The average Bonchev–Trinajstić information content (AvgIpc) is 2.95. The van der Waals surface area contributed by atoms with Crippen LogP contribution in [-0.2, 0) is 19.6 Å². The quantitative estimate of drug-likeness (QED) is 0.797. The van der Waals surface area contributed by atoms with Crippen LogP contribution in [0.2, 0.25) is 0 Å². The molecule has 0 spiro atoms. The van der Waals surface area contributed by atoms with Crippen LogP contribution in [0.5, 0.6) is 0 Å². The first-order valence-corrected chi connectivity index (χ1v) is 8.71. The number of allylic oxidation sites excluding steroid dienone is 1. The zero-order valence-corrected chi connectivity index (χ0v) is 14.7. The maximum absolute atomic E-state index is 9.87. The summed E-state index contributed by atoms with van der Waals surface area (Å²) in [5.41, 5.74) is 7.22. The highest BCUT2D eigenvalue weighted by molar-refractivity contribution is 5.92. The molecule has 0 atom stereocenters. The molecule has 0 saturated heterocycles. The number of likely N-dealkylation sites (N-methyl/N-ethyl adjacent to an activating group) is 1. The standard InChI is InChI=1S/C21H23N3O/c1-15(16-6-9-22-10-7-16)12-24-20-8-11-23(2)13-19(20)18-5-3-4-17(14-25)21(18)24/h3-7,9-10,12,25H,8,11,13-14H2,1-2H3. The fourth-order valence-electron chi connectivity index (χ4n) is 3.80. The highest BCUT2D eigenvalue weighted by Gasteiger charge is 2.23. The highest BCUT2D eigenvalue weighted by Crippen LogP contribution is 2.34. The van der Waals surface area contributed by atoms with Crippen LogP contribution in [0.4, 0.5) is 0 Å². The third-order valence-corrected chi connectivity index (χ3v) is 5.11. The summed E-state index contributed by atoms with van der Waals surface area (Å²) in [6.07, 6.45) is 6.88. The molecule has 4 nitrogen and oxygen atoms in total. The Hall–Kier alpha value is -2.43. The van der Waals surface area contributed by atoms with E-state index in [1.807, 2.05) is 36.7 Å². The zero-order valence-electron chi connectivity index (χ0n) is 14.7. The molecule has 1 N–H and O–H groups in total. The molecule has 0 fully saturated rings. The van der Waals surface area contributed by atoms with Gasteiger partial charge in [-0.05, 0) is 42.8 Å². The largest absolute Gasteiger partial charge is 0.392 e. The molecule has 4 heteroatoms. The second-order valence-electron chi connectivity index (χ2n) is 6.80. The van der Waals surface area contributed by atoms with Crippen molar-refractivity contribution in [1.29, 1.82) is 0 Å². The number of nitrogens with zero attached hydrogens (tertiary/aromatic N) is 3. The zero-order chi connectivity index (χ0) is 17.4. The van der Waals surface area contributed by atoms with Crippen LogP contribution in [0.15, 0.2) is 42.7 Å². The summed E-state index contributed by atoms with van der Waals surface area (Å²) in [4.78, 5) is 6.47. The Kier molecular flexibility index (Phi) is 4.15. The lowest BCUT2D eigenvalue weighted by Crippen LogP contribution is -2.26. The van der Waals surface area contributed by atoms with Gasteiger partial charge in [-0.25, -0.2) is 0 Å². The molecule has 0 saturated carbocycles.